The molecule has 1 aromatic carbocycles. The van der Waals surface area contributed by atoms with E-state index in [1.165, 1.54) is 30.3 Å². The Morgan fingerprint density at radius 1 is 1.35 bits per heavy atom. The number of rotatable bonds is 4. The van der Waals surface area contributed by atoms with Crippen molar-refractivity contribution in [3.63, 3.8) is 0 Å². The molecule has 0 bridgehead atoms. The van der Waals surface area contributed by atoms with Crippen LogP contribution in [0.4, 0.5) is 4.39 Å². The molecule has 1 heterocycles. The van der Waals surface area contributed by atoms with E-state index in [9.17, 15) is 4.39 Å². The molecule has 0 aliphatic heterocycles. The molecule has 20 heavy (non-hydrogen) atoms. The van der Waals surface area contributed by atoms with Gasteiger partial charge in [-0.3, -0.25) is 0 Å². The van der Waals surface area contributed by atoms with Crippen LogP contribution in [0, 0.1) is 28.5 Å². The summed E-state index contributed by atoms with van der Waals surface area (Å²) in [5, 5.41) is 27.5. The molecule has 0 radical (unpaired) electrons. The van der Waals surface area contributed by atoms with Gasteiger partial charge < -0.3 is 9.25 Å². The largest absolute Gasteiger partial charge is 0.417 e. The Morgan fingerprint density at radius 2 is 2.15 bits per heavy atom. The number of halogens is 1. The maximum atomic E-state index is 13.0. The Labute approximate surface area is 112 Å². The summed E-state index contributed by atoms with van der Waals surface area (Å²) in [7, 11) is 0. The van der Waals surface area contributed by atoms with E-state index in [2.05, 4.69) is 15.4 Å². The maximum Gasteiger partial charge on any atom is 0.257 e. The summed E-state index contributed by atoms with van der Waals surface area (Å²) in [4.78, 5) is 4.71. The second-order valence-corrected chi connectivity index (χ2v) is 3.45. The van der Waals surface area contributed by atoms with Gasteiger partial charge in [0.05, 0.1) is 0 Å². The molecule has 0 aliphatic carbocycles. The predicted octanol–water partition coefficient (Wildman–Crippen LogP) is 1.80. The SMILES string of the molecule is N#CC(C#N)=NOCc1nnc(-c2cccc(F)c2)o1. The van der Waals surface area contributed by atoms with Gasteiger partial charge >= 0.3 is 0 Å². The van der Waals surface area contributed by atoms with Crippen LogP contribution in [0.1, 0.15) is 5.89 Å². The van der Waals surface area contributed by atoms with Crippen molar-refractivity contribution in [1.82, 2.24) is 10.2 Å². The van der Waals surface area contributed by atoms with Crippen LogP contribution in [-0.2, 0) is 11.4 Å². The molecule has 0 saturated heterocycles. The van der Waals surface area contributed by atoms with E-state index in [0.29, 0.717) is 5.56 Å². The molecule has 98 valence electrons. The molecule has 0 fully saturated rings. The number of hydrogen-bond donors (Lipinski definition) is 0. The normalized spacial score (nSPS) is 9.35. The standard InChI is InChI=1S/C12H6FN5O2/c13-9-3-1-2-8(4-9)12-17-16-11(20-12)7-19-18-10(5-14)6-15/h1-4H,7H2. The van der Waals surface area contributed by atoms with Crippen molar-refractivity contribution >= 4 is 5.71 Å². The fourth-order valence-corrected chi connectivity index (χ4v) is 1.27. The van der Waals surface area contributed by atoms with Crippen LogP contribution in [0.15, 0.2) is 33.8 Å². The highest BCUT2D eigenvalue weighted by Crippen LogP contribution is 2.18. The first kappa shape index (κ1) is 13.2. The van der Waals surface area contributed by atoms with Gasteiger partial charge in [-0.15, -0.1) is 10.2 Å². The van der Waals surface area contributed by atoms with Crippen molar-refractivity contribution in [3.05, 3.63) is 36.0 Å². The van der Waals surface area contributed by atoms with Gasteiger partial charge in [0.15, 0.2) is 6.61 Å². The third-order valence-corrected chi connectivity index (χ3v) is 2.09. The Kier molecular flexibility index (Phi) is 4.00. The van der Waals surface area contributed by atoms with Gasteiger partial charge in [0.1, 0.15) is 18.0 Å². The van der Waals surface area contributed by atoms with Crippen molar-refractivity contribution in [3.8, 4) is 23.6 Å². The molecule has 8 heteroatoms. The van der Waals surface area contributed by atoms with E-state index >= 15 is 0 Å². The molecule has 2 rings (SSSR count). The molecule has 0 saturated carbocycles. The van der Waals surface area contributed by atoms with E-state index in [1.807, 2.05) is 0 Å². The molecule has 0 spiro atoms. The van der Waals surface area contributed by atoms with Gasteiger partial charge in [0.25, 0.3) is 11.6 Å². The van der Waals surface area contributed by atoms with E-state index in [-0.39, 0.29) is 18.4 Å². The molecular weight excluding hydrogens is 265 g/mol. The zero-order valence-electron chi connectivity index (χ0n) is 9.95. The summed E-state index contributed by atoms with van der Waals surface area (Å²) >= 11 is 0. The lowest BCUT2D eigenvalue weighted by Crippen LogP contribution is -1.93. The minimum atomic E-state index is -0.421. The maximum absolute atomic E-state index is 13.0. The highest BCUT2D eigenvalue weighted by Gasteiger charge is 2.09. The average Bonchev–Trinajstić information content (AvgIpc) is 2.92. The van der Waals surface area contributed by atoms with Gasteiger partial charge in [-0.2, -0.15) is 10.5 Å². The third kappa shape index (κ3) is 3.15. The van der Waals surface area contributed by atoms with Crippen LogP contribution >= 0.6 is 0 Å². The van der Waals surface area contributed by atoms with Crippen molar-refractivity contribution in [2.75, 3.05) is 0 Å². The highest BCUT2D eigenvalue weighted by molar-refractivity contribution is 6.09. The second kappa shape index (κ2) is 6.07. The summed E-state index contributed by atoms with van der Waals surface area (Å²) < 4.78 is 18.3. The quantitative estimate of drug-likeness (QED) is 0.619. The van der Waals surface area contributed by atoms with E-state index < -0.39 is 11.5 Å². The van der Waals surface area contributed by atoms with Crippen molar-refractivity contribution in [2.45, 2.75) is 6.61 Å². The number of nitrogens with zero attached hydrogens (tertiary/aromatic N) is 5. The summed E-state index contributed by atoms with van der Waals surface area (Å²) in [6, 6.07) is 8.74. The number of benzene rings is 1. The van der Waals surface area contributed by atoms with Gasteiger partial charge in [-0.25, -0.2) is 4.39 Å². The van der Waals surface area contributed by atoms with Crippen LogP contribution in [0.5, 0.6) is 0 Å². The van der Waals surface area contributed by atoms with Crippen molar-refractivity contribution in [2.24, 2.45) is 5.16 Å². The summed E-state index contributed by atoms with van der Waals surface area (Å²) in [5.41, 5.74) is 0.0110. The number of aromatic nitrogens is 2. The fourth-order valence-electron chi connectivity index (χ4n) is 1.27. The van der Waals surface area contributed by atoms with Gasteiger partial charge in [-0.1, -0.05) is 11.2 Å². The van der Waals surface area contributed by atoms with Crippen LogP contribution in [-0.4, -0.2) is 15.9 Å². The Bertz CT molecular complexity index is 710. The van der Waals surface area contributed by atoms with Crippen LogP contribution in [0.3, 0.4) is 0 Å². The number of hydrogen-bond acceptors (Lipinski definition) is 7. The molecule has 0 unspecified atom stereocenters. The molecule has 0 aliphatic rings. The summed E-state index contributed by atoms with van der Waals surface area (Å²) in [6.45, 7) is -0.199. The van der Waals surface area contributed by atoms with Crippen molar-refractivity contribution < 1.29 is 13.6 Å². The van der Waals surface area contributed by atoms with Gasteiger partial charge in [0, 0.05) is 5.56 Å². The first-order valence-corrected chi connectivity index (χ1v) is 5.31. The first-order chi connectivity index (χ1) is 9.72. The van der Waals surface area contributed by atoms with Gasteiger partial charge in [-0.05, 0) is 18.2 Å². The average molecular weight is 271 g/mol. The van der Waals surface area contributed by atoms with Crippen LogP contribution < -0.4 is 0 Å². The zero-order valence-corrected chi connectivity index (χ0v) is 9.95. The Morgan fingerprint density at radius 3 is 2.85 bits per heavy atom. The lowest BCUT2D eigenvalue weighted by Gasteiger charge is -1.94. The van der Waals surface area contributed by atoms with E-state index in [1.54, 1.807) is 6.07 Å². The minimum Gasteiger partial charge on any atom is -0.417 e. The Hall–Kier alpha value is -3.26. The topological polar surface area (TPSA) is 108 Å². The molecule has 7 nitrogen and oxygen atoms in total. The second-order valence-electron chi connectivity index (χ2n) is 3.45. The molecule has 2 aromatic rings. The zero-order chi connectivity index (χ0) is 14.4. The lowest BCUT2D eigenvalue weighted by molar-refractivity contribution is 0.112. The van der Waals surface area contributed by atoms with E-state index in [0.717, 1.165) is 0 Å². The number of oxime groups is 1. The lowest BCUT2D eigenvalue weighted by atomic mass is 10.2. The highest BCUT2D eigenvalue weighted by atomic mass is 19.1. The monoisotopic (exact) mass is 271 g/mol. The van der Waals surface area contributed by atoms with Crippen LogP contribution in [0.2, 0.25) is 0 Å². The fraction of sp³-hybridized carbons (Fsp3) is 0.0833. The van der Waals surface area contributed by atoms with Crippen LogP contribution in [0.25, 0.3) is 11.5 Å². The molecular formula is C12H6FN5O2. The van der Waals surface area contributed by atoms with E-state index in [4.69, 9.17) is 19.8 Å². The molecule has 0 N–H and O–H groups in total. The summed E-state index contributed by atoms with van der Waals surface area (Å²) in [5.74, 6) is -0.202. The van der Waals surface area contributed by atoms with Crippen molar-refractivity contribution in [1.29, 1.82) is 10.5 Å². The summed E-state index contributed by atoms with van der Waals surface area (Å²) in [6.07, 6.45) is 0. The molecule has 1 aromatic heterocycles. The predicted molar refractivity (Wildman–Crippen MR) is 63.1 cm³/mol. The number of nitriles is 2. The van der Waals surface area contributed by atoms with Gasteiger partial charge in [0.2, 0.25) is 5.89 Å². The molecule has 0 amide bonds. The minimum absolute atomic E-state index is 0.0863. The first-order valence-electron chi connectivity index (χ1n) is 5.31. The smallest absolute Gasteiger partial charge is 0.257 e. The molecule has 0 atom stereocenters. The third-order valence-electron chi connectivity index (χ3n) is 2.09. The Balaban J connectivity index is 2.05.